The molecule has 1 aliphatic rings. The first kappa shape index (κ1) is 19.4. The van der Waals surface area contributed by atoms with Crippen molar-refractivity contribution in [3.05, 3.63) is 21.9 Å². The third kappa shape index (κ3) is 5.02. The van der Waals surface area contributed by atoms with Gasteiger partial charge in [0.05, 0.1) is 10.6 Å². The van der Waals surface area contributed by atoms with Gasteiger partial charge >= 0.3 is 0 Å². The van der Waals surface area contributed by atoms with Gasteiger partial charge in [0.1, 0.15) is 0 Å². The van der Waals surface area contributed by atoms with Gasteiger partial charge < -0.3 is 9.80 Å². The summed E-state index contributed by atoms with van der Waals surface area (Å²) in [5.74, 6) is 0.299. The Kier molecular flexibility index (Phi) is 6.79. The Hall–Kier alpha value is -0.960. The highest BCUT2D eigenvalue weighted by atomic mass is 32.2. The fourth-order valence-electron chi connectivity index (χ4n) is 2.79. The van der Waals surface area contributed by atoms with Crippen LogP contribution in [0.4, 0.5) is 0 Å². The van der Waals surface area contributed by atoms with Gasteiger partial charge in [-0.3, -0.25) is 4.79 Å². The van der Waals surface area contributed by atoms with E-state index in [0.29, 0.717) is 13.0 Å². The van der Waals surface area contributed by atoms with Gasteiger partial charge in [0.2, 0.25) is 10.0 Å². The molecule has 0 spiro atoms. The Morgan fingerprint density at radius 1 is 1.25 bits per heavy atom. The maximum absolute atomic E-state index is 12.6. The van der Waals surface area contributed by atoms with E-state index in [1.54, 1.807) is 14.1 Å². The van der Waals surface area contributed by atoms with Crippen LogP contribution in [-0.4, -0.2) is 81.0 Å². The highest BCUT2D eigenvalue weighted by Crippen LogP contribution is 2.19. The highest BCUT2D eigenvalue weighted by Gasteiger charge is 2.22. The molecule has 0 atom stereocenters. The van der Waals surface area contributed by atoms with E-state index in [9.17, 15) is 13.2 Å². The van der Waals surface area contributed by atoms with Crippen LogP contribution in [0.25, 0.3) is 0 Å². The molecule has 1 aromatic heterocycles. The molecule has 1 amide bonds. The molecule has 0 aliphatic carbocycles. The fraction of sp³-hybridized carbons (Fsp3) is 0.688. The third-order valence-corrected chi connectivity index (χ3v) is 7.29. The van der Waals surface area contributed by atoms with Crippen molar-refractivity contribution in [2.45, 2.75) is 19.8 Å². The largest absolute Gasteiger partial charge is 0.337 e. The minimum Gasteiger partial charge on any atom is -0.337 e. The second kappa shape index (κ2) is 8.42. The summed E-state index contributed by atoms with van der Waals surface area (Å²) in [7, 11) is 0.0104. The van der Waals surface area contributed by atoms with Crippen LogP contribution >= 0.6 is 11.3 Å². The number of thiophene rings is 1. The van der Waals surface area contributed by atoms with Crippen LogP contribution in [0, 0.1) is 6.92 Å². The number of aryl methyl sites for hydroxylation is 1. The van der Waals surface area contributed by atoms with Crippen molar-refractivity contribution >= 4 is 27.3 Å². The lowest BCUT2D eigenvalue weighted by atomic mass is 10.2. The van der Waals surface area contributed by atoms with Crippen molar-refractivity contribution < 1.29 is 13.2 Å². The van der Waals surface area contributed by atoms with Gasteiger partial charge in [0, 0.05) is 33.7 Å². The predicted molar refractivity (Wildman–Crippen MR) is 98.1 cm³/mol. The molecular formula is C16H27N3O3S2. The Bertz CT molecular complexity index is 655. The van der Waals surface area contributed by atoms with Gasteiger partial charge in [-0.15, -0.1) is 11.3 Å². The molecule has 2 rings (SSSR count). The van der Waals surface area contributed by atoms with Crippen molar-refractivity contribution in [2.24, 2.45) is 0 Å². The summed E-state index contributed by atoms with van der Waals surface area (Å²) in [4.78, 5) is 17.6. The van der Waals surface area contributed by atoms with Crippen LogP contribution in [0.2, 0.25) is 0 Å². The molecule has 24 heavy (non-hydrogen) atoms. The van der Waals surface area contributed by atoms with Crippen LogP contribution in [0.3, 0.4) is 0 Å². The molecule has 8 heteroatoms. The number of nitrogens with zero attached hydrogens (tertiary/aromatic N) is 3. The first-order valence-electron chi connectivity index (χ1n) is 8.27. The minimum absolute atomic E-state index is 0.125. The first-order valence-corrected chi connectivity index (χ1v) is 10.8. The topological polar surface area (TPSA) is 60.9 Å². The average Bonchev–Trinajstić information content (AvgIpc) is 2.81. The zero-order chi connectivity index (χ0) is 17.7. The number of carbonyl (C=O) groups is 1. The number of carbonyl (C=O) groups excluding carboxylic acids is 1. The summed E-state index contributed by atoms with van der Waals surface area (Å²) in [5, 5.41) is 1.96. The van der Waals surface area contributed by atoms with Gasteiger partial charge in [0.25, 0.3) is 5.91 Å². The fourth-order valence-corrected chi connectivity index (χ4v) is 4.54. The summed E-state index contributed by atoms with van der Waals surface area (Å²) >= 11 is 1.50. The Morgan fingerprint density at radius 2 is 2.00 bits per heavy atom. The molecule has 1 aliphatic heterocycles. The van der Waals surface area contributed by atoms with E-state index in [0.717, 1.165) is 43.0 Å². The number of hydrogen-bond acceptors (Lipinski definition) is 5. The molecule has 0 saturated carbocycles. The van der Waals surface area contributed by atoms with E-state index < -0.39 is 10.0 Å². The Balaban J connectivity index is 1.83. The van der Waals surface area contributed by atoms with Crippen molar-refractivity contribution in [2.75, 3.05) is 52.6 Å². The van der Waals surface area contributed by atoms with Crippen LogP contribution in [0.5, 0.6) is 0 Å². The van der Waals surface area contributed by atoms with E-state index in [4.69, 9.17) is 0 Å². The monoisotopic (exact) mass is 373 g/mol. The SMILES string of the molecule is Cc1ccsc1C(=O)N1CCCN(CCCS(=O)(=O)N(C)C)CC1. The second-order valence-electron chi connectivity index (χ2n) is 6.37. The smallest absolute Gasteiger partial charge is 0.264 e. The van der Waals surface area contributed by atoms with Crippen LogP contribution in [0.15, 0.2) is 11.4 Å². The normalized spacial score (nSPS) is 17.2. The molecule has 0 radical (unpaired) electrons. The molecule has 2 heterocycles. The lowest BCUT2D eigenvalue weighted by Crippen LogP contribution is -2.35. The quantitative estimate of drug-likeness (QED) is 0.758. The molecule has 136 valence electrons. The van der Waals surface area contributed by atoms with Gasteiger partial charge in [0.15, 0.2) is 0 Å². The number of hydrogen-bond donors (Lipinski definition) is 0. The predicted octanol–water partition coefficient (Wildman–Crippen LogP) is 1.49. The lowest BCUT2D eigenvalue weighted by molar-refractivity contribution is 0.0765. The summed E-state index contributed by atoms with van der Waals surface area (Å²) in [6, 6.07) is 1.98. The van der Waals surface area contributed by atoms with E-state index in [1.807, 2.05) is 23.3 Å². The number of rotatable bonds is 6. The molecule has 6 nitrogen and oxygen atoms in total. The highest BCUT2D eigenvalue weighted by molar-refractivity contribution is 7.89. The van der Waals surface area contributed by atoms with E-state index in [-0.39, 0.29) is 11.7 Å². The van der Waals surface area contributed by atoms with Crippen molar-refractivity contribution in [3.63, 3.8) is 0 Å². The summed E-state index contributed by atoms with van der Waals surface area (Å²) in [5.41, 5.74) is 1.04. The van der Waals surface area contributed by atoms with Gasteiger partial charge in [-0.1, -0.05) is 0 Å². The van der Waals surface area contributed by atoms with Crippen molar-refractivity contribution in [1.29, 1.82) is 0 Å². The van der Waals surface area contributed by atoms with Crippen molar-refractivity contribution in [1.82, 2.24) is 14.1 Å². The third-order valence-electron chi connectivity index (χ3n) is 4.37. The molecule has 1 fully saturated rings. The molecule has 0 unspecified atom stereocenters. The summed E-state index contributed by atoms with van der Waals surface area (Å²) in [6.07, 6.45) is 1.55. The maximum Gasteiger partial charge on any atom is 0.264 e. The van der Waals surface area contributed by atoms with Gasteiger partial charge in [-0.05, 0) is 49.9 Å². The van der Waals surface area contributed by atoms with Crippen molar-refractivity contribution in [3.8, 4) is 0 Å². The van der Waals surface area contributed by atoms with Crippen LogP contribution < -0.4 is 0 Å². The van der Waals surface area contributed by atoms with E-state index >= 15 is 0 Å². The molecule has 1 saturated heterocycles. The molecule has 1 aromatic rings. The molecular weight excluding hydrogens is 346 g/mol. The Labute approximate surface area is 149 Å². The Morgan fingerprint density at radius 3 is 2.62 bits per heavy atom. The first-order chi connectivity index (χ1) is 11.3. The number of amides is 1. The summed E-state index contributed by atoms with van der Waals surface area (Å²) < 4.78 is 24.9. The van der Waals surface area contributed by atoms with Gasteiger partial charge in [-0.2, -0.15) is 0 Å². The van der Waals surface area contributed by atoms with Crippen LogP contribution in [-0.2, 0) is 10.0 Å². The minimum atomic E-state index is -3.12. The average molecular weight is 374 g/mol. The molecule has 0 bridgehead atoms. The summed E-state index contributed by atoms with van der Waals surface area (Å²) in [6.45, 7) is 5.92. The second-order valence-corrected chi connectivity index (χ2v) is 9.59. The zero-order valence-corrected chi connectivity index (χ0v) is 16.3. The standard InChI is InChI=1S/C16H27N3O3S2/c1-14-6-12-23-15(14)16(20)19-9-4-7-18(10-11-19)8-5-13-24(21,22)17(2)3/h6,12H,4-5,7-11,13H2,1-3H3. The zero-order valence-electron chi connectivity index (χ0n) is 14.7. The van der Waals surface area contributed by atoms with E-state index in [2.05, 4.69) is 4.90 Å². The van der Waals surface area contributed by atoms with E-state index in [1.165, 1.54) is 15.6 Å². The van der Waals surface area contributed by atoms with Gasteiger partial charge in [-0.25, -0.2) is 12.7 Å². The molecule has 0 aromatic carbocycles. The number of sulfonamides is 1. The lowest BCUT2D eigenvalue weighted by Gasteiger charge is -2.22. The van der Waals surface area contributed by atoms with Crippen LogP contribution in [0.1, 0.15) is 28.1 Å². The maximum atomic E-state index is 12.6. The molecule has 0 N–H and O–H groups in total.